The predicted octanol–water partition coefficient (Wildman–Crippen LogP) is 2.20. The van der Waals surface area contributed by atoms with Crippen LogP contribution in [0.3, 0.4) is 0 Å². The summed E-state index contributed by atoms with van der Waals surface area (Å²) in [6.07, 6.45) is 4.26. The predicted molar refractivity (Wildman–Crippen MR) is 102 cm³/mol. The molecule has 2 aromatic heterocycles. The Hall–Kier alpha value is -2.88. The van der Waals surface area contributed by atoms with Crippen LogP contribution in [-0.4, -0.2) is 38.9 Å². The van der Waals surface area contributed by atoms with Crippen LogP contribution in [0.25, 0.3) is 0 Å². The number of nitrogens with zero attached hydrogens (tertiary/aromatic N) is 3. The van der Waals surface area contributed by atoms with Crippen molar-refractivity contribution in [1.82, 2.24) is 15.0 Å². The van der Waals surface area contributed by atoms with Gasteiger partial charge in [-0.15, -0.1) is 0 Å². The molecule has 0 aromatic carbocycles. The third kappa shape index (κ3) is 4.33. The van der Waals surface area contributed by atoms with Crippen LogP contribution in [0.15, 0.2) is 24.5 Å². The highest BCUT2D eigenvalue weighted by molar-refractivity contribution is 5.96. The van der Waals surface area contributed by atoms with E-state index < -0.39 is 23.9 Å². The van der Waals surface area contributed by atoms with Gasteiger partial charge in [0.2, 0.25) is 0 Å². The Morgan fingerprint density at radius 3 is 2.89 bits per heavy atom. The molecule has 0 aliphatic heterocycles. The van der Waals surface area contributed by atoms with Crippen LogP contribution in [0, 0.1) is 0 Å². The fourth-order valence-electron chi connectivity index (χ4n) is 3.16. The molecular weight excluding hydrogens is 368 g/mol. The third-order valence-electron chi connectivity index (χ3n) is 4.73. The fraction of sp³-hybridized carbons (Fsp3) is 0.444. The number of halogens is 2. The van der Waals surface area contributed by atoms with Gasteiger partial charge in [-0.05, 0) is 31.4 Å². The summed E-state index contributed by atoms with van der Waals surface area (Å²) in [7, 11) is 0. The number of carbonyl (C=O) groups is 1. The maximum absolute atomic E-state index is 13.9. The number of hydrogen-bond donors (Lipinski definition) is 4. The van der Waals surface area contributed by atoms with E-state index >= 15 is 0 Å². The molecule has 2 atom stereocenters. The molecule has 1 fully saturated rings. The van der Waals surface area contributed by atoms with E-state index in [0.29, 0.717) is 18.5 Å². The summed E-state index contributed by atoms with van der Waals surface area (Å²) >= 11 is 0. The van der Waals surface area contributed by atoms with E-state index in [1.54, 1.807) is 12.3 Å². The zero-order valence-corrected chi connectivity index (χ0v) is 15.5. The number of hydrogen-bond acceptors (Lipinski definition) is 7. The van der Waals surface area contributed by atoms with Gasteiger partial charge in [0, 0.05) is 30.0 Å². The molecule has 1 saturated carbocycles. The summed E-state index contributed by atoms with van der Waals surface area (Å²) in [5, 5.41) is 5.92. The minimum atomic E-state index is -2.94. The van der Waals surface area contributed by atoms with Crippen molar-refractivity contribution in [2.45, 2.75) is 50.6 Å². The van der Waals surface area contributed by atoms with E-state index in [9.17, 15) is 13.6 Å². The van der Waals surface area contributed by atoms with Gasteiger partial charge in [0.05, 0.1) is 12.2 Å². The summed E-state index contributed by atoms with van der Waals surface area (Å²) in [5.41, 5.74) is 12.5. The summed E-state index contributed by atoms with van der Waals surface area (Å²) in [6.45, 7) is 1.97. The van der Waals surface area contributed by atoms with Crippen molar-refractivity contribution in [2.75, 3.05) is 10.6 Å². The van der Waals surface area contributed by atoms with Crippen LogP contribution < -0.4 is 22.1 Å². The topological polar surface area (TPSA) is 132 Å². The molecule has 0 saturated heterocycles. The van der Waals surface area contributed by atoms with E-state index in [1.807, 2.05) is 13.0 Å². The van der Waals surface area contributed by atoms with Crippen molar-refractivity contribution in [1.29, 1.82) is 0 Å². The first-order chi connectivity index (χ1) is 13.3. The lowest BCUT2D eigenvalue weighted by Gasteiger charge is -2.36. The van der Waals surface area contributed by atoms with Crippen molar-refractivity contribution in [3.63, 3.8) is 0 Å². The molecule has 2 heterocycles. The van der Waals surface area contributed by atoms with Gasteiger partial charge in [-0.1, -0.05) is 6.92 Å². The van der Waals surface area contributed by atoms with Gasteiger partial charge >= 0.3 is 0 Å². The maximum Gasteiger partial charge on any atom is 0.271 e. The maximum atomic E-state index is 13.9. The Bertz CT molecular complexity index is 862. The fourth-order valence-corrected chi connectivity index (χ4v) is 3.16. The second-order valence-corrected chi connectivity index (χ2v) is 6.76. The Balaban J connectivity index is 1.86. The van der Waals surface area contributed by atoms with Gasteiger partial charge in [-0.25, -0.2) is 18.7 Å². The van der Waals surface area contributed by atoms with Gasteiger partial charge in [-0.2, -0.15) is 0 Å². The first-order valence-corrected chi connectivity index (χ1v) is 9.09. The third-order valence-corrected chi connectivity index (χ3v) is 4.73. The monoisotopic (exact) mass is 391 g/mol. The molecular formula is C18H23F2N7O. The van der Waals surface area contributed by atoms with Crippen LogP contribution in [0.1, 0.15) is 42.4 Å². The van der Waals surface area contributed by atoms with Gasteiger partial charge in [0.25, 0.3) is 11.8 Å². The molecule has 10 heteroatoms. The number of anilines is 3. The Morgan fingerprint density at radius 1 is 1.39 bits per heavy atom. The Labute approximate surface area is 161 Å². The molecule has 8 nitrogen and oxygen atoms in total. The van der Waals surface area contributed by atoms with Crippen molar-refractivity contribution >= 4 is 23.2 Å². The SMILES string of the molecule is CCc1cc(Nc2nc(N[C@@H]3CCCC(F)(F)[C@@H]3N)cnc2C(N)=O)ccn1. The van der Waals surface area contributed by atoms with E-state index in [-0.39, 0.29) is 23.8 Å². The number of nitrogens with two attached hydrogens (primary N) is 2. The molecule has 0 spiro atoms. The largest absolute Gasteiger partial charge is 0.364 e. The lowest BCUT2D eigenvalue weighted by molar-refractivity contribution is -0.0554. The number of nitrogens with one attached hydrogen (secondary N) is 2. The second kappa shape index (κ2) is 8.01. The molecule has 1 amide bonds. The van der Waals surface area contributed by atoms with E-state index in [4.69, 9.17) is 11.5 Å². The minimum Gasteiger partial charge on any atom is -0.364 e. The highest BCUT2D eigenvalue weighted by Gasteiger charge is 2.44. The molecule has 0 bridgehead atoms. The molecule has 150 valence electrons. The number of aryl methyl sites for hydroxylation is 1. The summed E-state index contributed by atoms with van der Waals surface area (Å²) in [5.74, 6) is -3.34. The number of primary amides is 1. The average molecular weight is 391 g/mol. The average Bonchev–Trinajstić information content (AvgIpc) is 2.65. The van der Waals surface area contributed by atoms with Crippen LogP contribution >= 0.6 is 0 Å². The highest BCUT2D eigenvalue weighted by atomic mass is 19.3. The summed E-state index contributed by atoms with van der Waals surface area (Å²) in [6, 6.07) is 1.54. The number of pyridine rings is 1. The summed E-state index contributed by atoms with van der Waals surface area (Å²) in [4.78, 5) is 24.3. The molecule has 0 radical (unpaired) electrons. The van der Waals surface area contributed by atoms with Crippen molar-refractivity contribution in [2.24, 2.45) is 11.5 Å². The standard InChI is InChI=1S/C18H23F2N7O/c1-2-10-8-11(5-7-23-10)25-17-14(16(22)28)24-9-13(27-17)26-12-4-3-6-18(19,20)15(12)21/h5,7-9,12,15H,2-4,6,21H2,1H3,(H2,22,28)(H2,23,25,26,27)/t12-,15-/m1/s1. The van der Waals surface area contributed by atoms with Gasteiger partial charge < -0.3 is 22.1 Å². The number of rotatable bonds is 6. The van der Waals surface area contributed by atoms with Crippen molar-refractivity contribution in [3.8, 4) is 0 Å². The number of carbonyl (C=O) groups excluding carboxylic acids is 1. The van der Waals surface area contributed by atoms with E-state index in [1.165, 1.54) is 6.20 Å². The minimum absolute atomic E-state index is 0.0568. The van der Waals surface area contributed by atoms with Crippen LogP contribution in [-0.2, 0) is 6.42 Å². The molecule has 6 N–H and O–H groups in total. The lowest BCUT2D eigenvalue weighted by Crippen LogP contribution is -2.55. The van der Waals surface area contributed by atoms with Gasteiger partial charge in [0.1, 0.15) is 5.82 Å². The zero-order chi connectivity index (χ0) is 20.3. The Morgan fingerprint density at radius 2 is 2.18 bits per heavy atom. The molecule has 0 unspecified atom stereocenters. The highest BCUT2D eigenvalue weighted by Crippen LogP contribution is 2.33. The molecule has 1 aliphatic rings. The van der Waals surface area contributed by atoms with Crippen LogP contribution in [0.4, 0.5) is 26.1 Å². The number of alkyl halides is 2. The lowest BCUT2D eigenvalue weighted by atomic mass is 9.87. The molecule has 3 rings (SSSR count). The zero-order valence-electron chi connectivity index (χ0n) is 15.5. The molecule has 28 heavy (non-hydrogen) atoms. The first-order valence-electron chi connectivity index (χ1n) is 9.09. The quantitative estimate of drug-likeness (QED) is 0.593. The molecule has 1 aliphatic carbocycles. The summed E-state index contributed by atoms with van der Waals surface area (Å²) < 4.78 is 27.8. The van der Waals surface area contributed by atoms with Crippen molar-refractivity contribution < 1.29 is 13.6 Å². The second-order valence-electron chi connectivity index (χ2n) is 6.76. The van der Waals surface area contributed by atoms with Gasteiger partial charge in [-0.3, -0.25) is 9.78 Å². The van der Waals surface area contributed by atoms with Gasteiger partial charge in [0.15, 0.2) is 11.5 Å². The van der Waals surface area contributed by atoms with Crippen LogP contribution in [0.2, 0.25) is 0 Å². The van der Waals surface area contributed by atoms with E-state index in [2.05, 4.69) is 25.6 Å². The smallest absolute Gasteiger partial charge is 0.271 e. The van der Waals surface area contributed by atoms with Crippen LogP contribution in [0.5, 0.6) is 0 Å². The Kier molecular flexibility index (Phi) is 5.68. The first kappa shape index (κ1) is 19.9. The van der Waals surface area contributed by atoms with Crippen molar-refractivity contribution in [3.05, 3.63) is 35.9 Å². The number of aromatic nitrogens is 3. The normalized spacial score (nSPS) is 21.1. The molecule has 2 aromatic rings. The van der Waals surface area contributed by atoms with E-state index in [0.717, 1.165) is 12.1 Å². The number of amides is 1.